The number of hydrogen-bond donors (Lipinski definition) is 0. The molecule has 1 aliphatic rings. The monoisotopic (exact) mass is 414 g/mol. The van der Waals surface area contributed by atoms with Gasteiger partial charge in [0.2, 0.25) is 0 Å². The second-order valence-electron chi connectivity index (χ2n) is 4.67. The minimum Gasteiger partial charge on any atom is -0.490 e. The average molecular weight is 415 g/mol. The minimum atomic E-state index is -0.0797. The van der Waals surface area contributed by atoms with Crippen LogP contribution < -0.4 is 9.47 Å². The first-order valence-corrected chi connectivity index (χ1v) is 8.00. The largest absolute Gasteiger partial charge is 0.490 e. The third-order valence-electron chi connectivity index (χ3n) is 3.19. The molecule has 0 spiro atoms. The fraction of sp³-hybridized carbons (Fsp3) is 0.188. The molecule has 2 aromatic carbocycles. The Labute approximate surface area is 141 Å². The summed E-state index contributed by atoms with van der Waals surface area (Å²) in [5.41, 5.74) is 1.13. The van der Waals surface area contributed by atoms with Gasteiger partial charge in [-0.3, -0.25) is 4.79 Å². The summed E-state index contributed by atoms with van der Waals surface area (Å²) in [6.45, 7) is 1.23. The molecule has 0 radical (unpaired) electrons. The Morgan fingerprint density at radius 3 is 2.43 bits per heavy atom. The van der Waals surface area contributed by atoms with Gasteiger partial charge in [0, 0.05) is 21.1 Å². The number of carbonyl (C=O) groups excluding carboxylic acids is 1. The van der Waals surface area contributed by atoms with Crippen LogP contribution in [0.2, 0.25) is 5.02 Å². The number of ether oxygens (including phenoxy) is 2. The van der Waals surface area contributed by atoms with Gasteiger partial charge in [-0.15, -0.1) is 0 Å². The van der Waals surface area contributed by atoms with Crippen LogP contribution in [0, 0.1) is 3.57 Å². The Hall–Kier alpha value is -1.27. The van der Waals surface area contributed by atoms with Crippen LogP contribution in [-0.4, -0.2) is 19.0 Å². The molecule has 5 heteroatoms. The van der Waals surface area contributed by atoms with Gasteiger partial charge in [0.05, 0.1) is 18.2 Å². The summed E-state index contributed by atoms with van der Waals surface area (Å²) in [7, 11) is 0. The second kappa shape index (κ2) is 6.23. The molecule has 0 amide bonds. The van der Waals surface area contributed by atoms with Crippen molar-refractivity contribution in [3.05, 3.63) is 56.1 Å². The molecule has 0 N–H and O–H groups in total. The Morgan fingerprint density at radius 1 is 1.00 bits per heavy atom. The summed E-state index contributed by atoms with van der Waals surface area (Å²) in [6.07, 6.45) is 0.838. The zero-order valence-electron chi connectivity index (χ0n) is 11.1. The maximum Gasteiger partial charge on any atom is 0.193 e. The minimum absolute atomic E-state index is 0.0797. The molecule has 0 bridgehead atoms. The van der Waals surface area contributed by atoms with Gasteiger partial charge in [-0.25, -0.2) is 0 Å². The van der Waals surface area contributed by atoms with E-state index >= 15 is 0 Å². The number of hydrogen-bond acceptors (Lipinski definition) is 3. The van der Waals surface area contributed by atoms with Crippen LogP contribution in [0.1, 0.15) is 22.3 Å². The first-order valence-electron chi connectivity index (χ1n) is 6.54. The number of benzene rings is 2. The van der Waals surface area contributed by atoms with Gasteiger partial charge in [-0.2, -0.15) is 0 Å². The van der Waals surface area contributed by atoms with E-state index in [9.17, 15) is 4.79 Å². The van der Waals surface area contributed by atoms with Crippen LogP contribution in [-0.2, 0) is 0 Å². The fourth-order valence-corrected chi connectivity index (χ4v) is 2.62. The molecule has 1 heterocycles. The van der Waals surface area contributed by atoms with E-state index in [2.05, 4.69) is 22.6 Å². The van der Waals surface area contributed by atoms with Gasteiger partial charge in [0.25, 0.3) is 0 Å². The van der Waals surface area contributed by atoms with E-state index in [1.165, 1.54) is 0 Å². The lowest BCUT2D eigenvalue weighted by atomic mass is 10.0. The van der Waals surface area contributed by atoms with Crippen LogP contribution in [0.4, 0.5) is 0 Å². The molecule has 0 aliphatic carbocycles. The summed E-state index contributed by atoms with van der Waals surface area (Å²) in [5.74, 6) is 1.23. The summed E-state index contributed by atoms with van der Waals surface area (Å²) in [4.78, 5) is 12.5. The summed E-state index contributed by atoms with van der Waals surface area (Å²) < 4.78 is 12.1. The molecule has 0 atom stereocenters. The summed E-state index contributed by atoms with van der Waals surface area (Å²) >= 11 is 8.21. The van der Waals surface area contributed by atoms with Gasteiger partial charge >= 0.3 is 0 Å². The predicted molar refractivity (Wildman–Crippen MR) is 89.7 cm³/mol. The van der Waals surface area contributed by atoms with Crippen LogP contribution in [0.25, 0.3) is 0 Å². The fourth-order valence-electron chi connectivity index (χ4n) is 2.11. The highest BCUT2D eigenvalue weighted by molar-refractivity contribution is 14.1. The lowest BCUT2D eigenvalue weighted by Gasteiger charge is -2.09. The van der Waals surface area contributed by atoms with E-state index in [4.69, 9.17) is 21.1 Å². The molecular formula is C16H12ClIO3. The van der Waals surface area contributed by atoms with Crippen molar-refractivity contribution < 1.29 is 14.3 Å². The molecule has 108 valence electrons. The maximum atomic E-state index is 12.5. The van der Waals surface area contributed by atoms with E-state index in [1.807, 2.05) is 6.07 Å². The Balaban J connectivity index is 1.94. The van der Waals surface area contributed by atoms with Gasteiger partial charge in [0.15, 0.2) is 17.3 Å². The van der Waals surface area contributed by atoms with Gasteiger partial charge < -0.3 is 9.47 Å². The van der Waals surface area contributed by atoms with Crippen molar-refractivity contribution in [3.63, 3.8) is 0 Å². The van der Waals surface area contributed by atoms with Crippen molar-refractivity contribution in [1.82, 2.24) is 0 Å². The van der Waals surface area contributed by atoms with Crippen LogP contribution in [0.5, 0.6) is 11.5 Å². The molecule has 3 nitrogen and oxygen atoms in total. The van der Waals surface area contributed by atoms with Crippen LogP contribution >= 0.6 is 34.2 Å². The highest BCUT2D eigenvalue weighted by Crippen LogP contribution is 2.31. The number of ketones is 1. The molecule has 0 saturated carbocycles. The molecule has 0 aromatic heterocycles. The maximum absolute atomic E-state index is 12.5. The lowest BCUT2D eigenvalue weighted by molar-refractivity contribution is 0.103. The third kappa shape index (κ3) is 3.16. The normalized spacial score (nSPS) is 13.6. The van der Waals surface area contributed by atoms with Crippen molar-refractivity contribution >= 4 is 40.0 Å². The molecular weight excluding hydrogens is 403 g/mol. The highest BCUT2D eigenvalue weighted by atomic mass is 127. The molecule has 0 fully saturated rings. The van der Waals surface area contributed by atoms with Gasteiger partial charge in [0.1, 0.15) is 0 Å². The van der Waals surface area contributed by atoms with Gasteiger partial charge in [-0.1, -0.05) is 11.6 Å². The zero-order chi connectivity index (χ0) is 14.8. The number of carbonyl (C=O) groups is 1. The SMILES string of the molecule is O=C(c1ccc(I)c(Cl)c1)c1ccc2c(c1)OCCCO2. The number of rotatable bonds is 2. The van der Waals surface area contributed by atoms with Crippen LogP contribution in [0.15, 0.2) is 36.4 Å². The summed E-state index contributed by atoms with van der Waals surface area (Å²) in [6, 6.07) is 10.6. The quantitative estimate of drug-likeness (QED) is 0.542. The third-order valence-corrected chi connectivity index (χ3v) is 4.76. The topological polar surface area (TPSA) is 35.5 Å². The van der Waals surface area contributed by atoms with Crippen molar-refractivity contribution in [2.24, 2.45) is 0 Å². The lowest BCUT2D eigenvalue weighted by Crippen LogP contribution is -2.02. The summed E-state index contributed by atoms with van der Waals surface area (Å²) in [5, 5.41) is 0.579. The second-order valence-corrected chi connectivity index (χ2v) is 6.24. The zero-order valence-corrected chi connectivity index (χ0v) is 14.0. The molecule has 21 heavy (non-hydrogen) atoms. The highest BCUT2D eigenvalue weighted by Gasteiger charge is 2.16. The van der Waals surface area contributed by atoms with Crippen LogP contribution in [0.3, 0.4) is 0 Å². The average Bonchev–Trinajstić information content (AvgIpc) is 2.73. The number of fused-ring (bicyclic) bond motifs is 1. The van der Waals surface area contributed by atoms with Crippen molar-refractivity contribution in [1.29, 1.82) is 0 Å². The van der Waals surface area contributed by atoms with Crippen molar-refractivity contribution in [2.75, 3.05) is 13.2 Å². The number of halogens is 2. The first-order chi connectivity index (χ1) is 10.1. The predicted octanol–water partition coefficient (Wildman–Crippen LogP) is 4.34. The first kappa shape index (κ1) is 14.7. The van der Waals surface area contributed by atoms with Gasteiger partial charge in [-0.05, 0) is 59.0 Å². The van der Waals surface area contributed by atoms with E-state index < -0.39 is 0 Å². The standard InChI is InChI=1S/C16H12ClIO3/c17-12-8-10(2-4-13(12)18)16(19)11-3-5-14-15(9-11)21-7-1-6-20-14/h2-5,8-9H,1,6-7H2. The molecule has 1 aliphatic heterocycles. The van der Waals surface area contributed by atoms with E-state index in [0.717, 1.165) is 9.99 Å². The molecule has 2 aromatic rings. The van der Waals surface area contributed by atoms with E-state index in [-0.39, 0.29) is 5.78 Å². The Bertz CT molecular complexity index is 700. The molecule has 3 rings (SSSR count). The van der Waals surface area contributed by atoms with E-state index in [0.29, 0.717) is 40.9 Å². The van der Waals surface area contributed by atoms with E-state index in [1.54, 1.807) is 30.3 Å². The smallest absolute Gasteiger partial charge is 0.193 e. The Kier molecular flexibility index (Phi) is 4.35. The Morgan fingerprint density at radius 2 is 1.67 bits per heavy atom. The molecule has 0 saturated heterocycles. The van der Waals surface area contributed by atoms with Crippen molar-refractivity contribution in [2.45, 2.75) is 6.42 Å². The molecule has 0 unspecified atom stereocenters. The van der Waals surface area contributed by atoms with Crippen molar-refractivity contribution in [3.8, 4) is 11.5 Å².